The highest BCUT2D eigenvalue weighted by Crippen LogP contribution is 2.66. The molecule has 1 N–H and O–H groups in total. The Morgan fingerprint density at radius 1 is 1.14 bits per heavy atom. The van der Waals surface area contributed by atoms with Gasteiger partial charge in [0.25, 0.3) is 5.91 Å². The standard InChI is InChI=1S/C35H45N3O5/c1-8-17-36(7)31(40)28-29-32(41)38(27(21-39)22(4)10-3)30(35(29)20-23(5)34(28,6)43-35)33(42)37(18-9-2)26-16-15-24-13-11-12-14-25(24)19-26/h8-9,11-16,19,22-23,27-30,39H,1-2,10,17-18,20-21H2,3-7H3/t22-,23?,27-,28-,29-,30?,34+,35?/m0/s1. The average Bonchev–Trinajstić information content (AvgIpc) is 3.51. The lowest BCUT2D eigenvalue weighted by Crippen LogP contribution is -2.60. The molecule has 3 saturated heterocycles. The van der Waals surface area contributed by atoms with Crippen LogP contribution in [0.25, 0.3) is 10.8 Å². The highest BCUT2D eigenvalue weighted by atomic mass is 16.5. The molecule has 0 aliphatic carbocycles. The average molecular weight is 588 g/mol. The molecule has 1 spiro atoms. The third kappa shape index (κ3) is 4.61. The van der Waals surface area contributed by atoms with Crippen molar-refractivity contribution in [2.45, 2.75) is 63.8 Å². The second kappa shape index (κ2) is 11.5. The summed E-state index contributed by atoms with van der Waals surface area (Å²) in [4.78, 5) is 48.6. The smallest absolute Gasteiger partial charge is 0.253 e. The molecule has 0 aromatic heterocycles. The first-order valence-corrected chi connectivity index (χ1v) is 15.4. The fraction of sp³-hybridized carbons (Fsp3) is 0.514. The zero-order valence-corrected chi connectivity index (χ0v) is 26.0. The topological polar surface area (TPSA) is 90.4 Å². The monoisotopic (exact) mass is 587 g/mol. The van der Waals surface area contributed by atoms with E-state index in [0.717, 1.165) is 10.8 Å². The number of hydrogen-bond acceptors (Lipinski definition) is 5. The van der Waals surface area contributed by atoms with Gasteiger partial charge in [0.2, 0.25) is 11.8 Å². The van der Waals surface area contributed by atoms with Crippen molar-refractivity contribution in [1.82, 2.24) is 9.80 Å². The molecule has 2 aromatic carbocycles. The Balaban J connectivity index is 1.67. The van der Waals surface area contributed by atoms with Crippen LogP contribution in [-0.4, -0.2) is 82.7 Å². The molecule has 8 heteroatoms. The lowest BCUT2D eigenvalue weighted by atomic mass is 9.62. The van der Waals surface area contributed by atoms with Crippen molar-refractivity contribution in [2.75, 3.05) is 31.6 Å². The zero-order chi connectivity index (χ0) is 31.3. The Hall–Kier alpha value is -3.49. The van der Waals surface area contributed by atoms with Crippen molar-refractivity contribution in [3.8, 4) is 0 Å². The third-order valence-electron chi connectivity index (χ3n) is 10.5. The molecular weight excluding hydrogens is 542 g/mol. The number of rotatable bonds is 11. The molecule has 8 nitrogen and oxygen atoms in total. The number of anilines is 1. The number of nitrogens with zero attached hydrogens (tertiary/aromatic N) is 3. The van der Waals surface area contributed by atoms with Crippen LogP contribution in [0.2, 0.25) is 0 Å². The number of aliphatic hydroxyl groups is 1. The molecule has 8 atom stereocenters. The number of amides is 3. The van der Waals surface area contributed by atoms with E-state index in [0.29, 0.717) is 25.1 Å². The minimum Gasteiger partial charge on any atom is -0.394 e. The van der Waals surface area contributed by atoms with Gasteiger partial charge in [-0.2, -0.15) is 0 Å². The van der Waals surface area contributed by atoms with Crippen LogP contribution in [0, 0.1) is 23.7 Å². The number of ether oxygens (including phenoxy) is 1. The van der Waals surface area contributed by atoms with Gasteiger partial charge in [0.1, 0.15) is 11.6 Å². The molecule has 3 unspecified atom stereocenters. The molecule has 2 aromatic rings. The van der Waals surface area contributed by atoms with E-state index in [4.69, 9.17) is 4.74 Å². The third-order valence-corrected chi connectivity index (χ3v) is 10.5. The van der Waals surface area contributed by atoms with E-state index in [9.17, 15) is 14.7 Å². The Kier molecular flexibility index (Phi) is 8.31. The summed E-state index contributed by atoms with van der Waals surface area (Å²) in [6.07, 6.45) is 4.49. The quantitative estimate of drug-likeness (QED) is 0.393. The molecule has 3 amide bonds. The maximum absolute atomic E-state index is 15.0. The van der Waals surface area contributed by atoms with E-state index in [1.54, 1.807) is 33.9 Å². The van der Waals surface area contributed by atoms with Crippen molar-refractivity contribution < 1.29 is 24.2 Å². The van der Waals surface area contributed by atoms with Gasteiger partial charge in [0, 0.05) is 25.8 Å². The van der Waals surface area contributed by atoms with Crippen molar-refractivity contribution in [1.29, 1.82) is 0 Å². The lowest BCUT2D eigenvalue weighted by molar-refractivity contribution is -0.154. The normalized spacial score (nSPS) is 30.7. The van der Waals surface area contributed by atoms with Crippen LogP contribution in [0.3, 0.4) is 0 Å². The molecule has 2 bridgehead atoms. The van der Waals surface area contributed by atoms with Gasteiger partial charge in [0.15, 0.2) is 0 Å². The Labute approximate surface area is 255 Å². The number of likely N-dealkylation sites (tertiary alicyclic amines) is 1. The summed E-state index contributed by atoms with van der Waals surface area (Å²) in [6, 6.07) is 12.2. The van der Waals surface area contributed by atoms with Crippen LogP contribution < -0.4 is 4.90 Å². The second-order valence-electron chi connectivity index (χ2n) is 12.9. The first kappa shape index (κ1) is 31.0. The van der Waals surface area contributed by atoms with Gasteiger partial charge in [-0.05, 0) is 48.1 Å². The molecule has 3 aliphatic rings. The summed E-state index contributed by atoms with van der Waals surface area (Å²) >= 11 is 0. The van der Waals surface area contributed by atoms with Gasteiger partial charge in [-0.1, -0.05) is 69.7 Å². The van der Waals surface area contributed by atoms with Gasteiger partial charge in [-0.15, -0.1) is 13.2 Å². The van der Waals surface area contributed by atoms with Crippen molar-refractivity contribution in [3.05, 3.63) is 67.8 Å². The van der Waals surface area contributed by atoms with Crippen molar-refractivity contribution in [2.24, 2.45) is 23.7 Å². The number of hydrogen-bond donors (Lipinski definition) is 1. The summed E-state index contributed by atoms with van der Waals surface area (Å²) < 4.78 is 6.93. The van der Waals surface area contributed by atoms with Crippen molar-refractivity contribution in [3.63, 3.8) is 0 Å². The number of likely N-dealkylation sites (N-methyl/N-ethyl adjacent to an activating group) is 1. The summed E-state index contributed by atoms with van der Waals surface area (Å²) in [5, 5.41) is 12.7. The van der Waals surface area contributed by atoms with Gasteiger partial charge < -0.3 is 24.5 Å². The van der Waals surface area contributed by atoms with Crippen molar-refractivity contribution >= 4 is 34.2 Å². The summed E-state index contributed by atoms with van der Waals surface area (Å²) in [7, 11) is 1.71. The molecule has 0 radical (unpaired) electrons. The molecular formula is C35H45N3O5. The van der Waals surface area contributed by atoms with Gasteiger partial charge in [-0.25, -0.2) is 0 Å². The summed E-state index contributed by atoms with van der Waals surface area (Å²) in [5.74, 6) is -2.56. The van der Waals surface area contributed by atoms with E-state index in [2.05, 4.69) is 13.2 Å². The largest absolute Gasteiger partial charge is 0.394 e. The van der Waals surface area contributed by atoms with E-state index in [1.165, 1.54) is 0 Å². The molecule has 3 aliphatic heterocycles. The molecule has 230 valence electrons. The van der Waals surface area contributed by atoms with E-state index >= 15 is 4.79 Å². The Morgan fingerprint density at radius 2 is 1.81 bits per heavy atom. The summed E-state index contributed by atoms with van der Waals surface area (Å²) in [6.45, 7) is 15.9. The maximum Gasteiger partial charge on any atom is 0.253 e. The van der Waals surface area contributed by atoms with E-state index < -0.39 is 35.1 Å². The van der Waals surface area contributed by atoms with Gasteiger partial charge in [-0.3, -0.25) is 14.4 Å². The maximum atomic E-state index is 15.0. The predicted molar refractivity (Wildman–Crippen MR) is 168 cm³/mol. The van der Waals surface area contributed by atoms with Crippen LogP contribution in [0.15, 0.2) is 67.8 Å². The summed E-state index contributed by atoms with van der Waals surface area (Å²) in [5.41, 5.74) is -1.45. The highest BCUT2D eigenvalue weighted by Gasteiger charge is 2.80. The molecule has 3 heterocycles. The number of aliphatic hydroxyl groups excluding tert-OH is 1. The highest BCUT2D eigenvalue weighted by molar-refractivity contribution is 6.06. The Morgan fingerprint density at radius 3 is 2.44 bits per heavy atom. The number of carbonyl (C=O) groups excluding carboxylic acids is 3. The van der Waals surface area contributed by atoms with Crippen LogP contribution in [0.1, 0.15) is 40.5 Å². The van der Waals surface area contributed by atoms with Gasteiger partial charge >= 0.3 is 0 Å². The SMILES string of the molecule is C=CCN(C)C(=O)[C@@H]1[C@H]2C(=O)N([C@@H](CO)[C@@H](C)CC)C(C(=O)N(CC=C)c3ccc4ccccc4c3)C23CC(C)[C@@]1(C)O3. The number of carbonyl (C=O) groups is 3. The van der Waals surface area contributed by atoms with Crippen LogP contribution in [0.4, 0.5) is 5.69 Å². The van der Waals surface area contributed by atoms with Crippen LogP contribution in [0.5, 0.6) is 0 Å². The molecule has 3 fully saturated rings. The van der Waals surface area contributed by atoms with Crippen LogP contribution >= 0.6 is 0 Å². The van der Waals surface area contributed by atoms with E-state index in [1.807, 2.05) is 70.2 Å². The fourth-order valence-electron chi connectivity index (χ4n) is 7.97. The first-order valence-electron chi connectivity index (χ1n) is 15.4. The Bertz CT molecular complexity index is 1440. The minimum atomic E-state index is -1.21. The van der Waals surface area contributed by atoms with Gasteiger partial charge in [0.05, 0.1) is 30.1 Å². The van der Waals surface area contributed by atoms with Crippen LogP contribution in [-0.2, 0) is 19.1 Å². The molecule has 5 rings (SSSR count). The molecule has 43 heavy (non-hydrogen) atoms. The lowest BCUT2D eigenvalue weighted by Gasteiger charge is -2.41. The minimum absolute atomic E-state index is 0.0809. The molecule has 0 saturated carbocycles. The zero-order valence-electron chi connectivity index (χ0n) is 26.0. The fourth-order valence-corrected chi connectivity index (χ4v) is 7.97. The second-order valence-corrected chi connectivity index (χ2v) is 12.9. The number of fused-ring (bicyclic) bond motifs is 2. The van der Waals surface area contributed by atoms with E-state index in [-0.39, 0.29) is 42.7 Å². The number of benzene rings is 2. The predicted octanol–water partition coefficient (Wildman–Crippen LogP) is 4.42. The first-order chi connectivity index (χ1) is 20.5.